The molecule has 64 valence electrons. The summed E-state index contributed by atoms with van der Waals surface area (Å²) in [6.45, 7) is 4.00. The summed E-state index contributed by atoms with van der Waals surface area (Å²) in [5.74, 6) is 1.63. The molecule has 0 aliphatic heterocycles. The normalized spacial score (nSPS) is 6.64. The fraction of sp³-hybridized carbons (Fsp3) is 0.333. The van der Waals surface area contributed by atoms with Crippen LogP contribution in [0.5, 0.6) is 0 Å². The van der Waals surface area contributed by atoms with Gasteiger partial charge in [-0.15, -0.1) is 0 Å². The van der Waals surface area contributed by atoms with E-state index in [0.717, 1.165) is 0 Å². The molecule has 0 nitrogen and oxygen atoms in total. The molecule has 1 rings (SSSR count). The Hall–Kier alpha value is -0.370. The van der Waals surface area contributed by atoms with Crippen molar-refractivity contribution in [3.05, 3.63) is 36.1 Å². The van der Waals surface area contributed by atoms with Gasteiger partial charge in [0.25, 0.3) is 0 Å². The van der Waals surface area contributed by atoms with E-state index in [4.69, 9.17) is 0 Å². The molecule has 0 heterocycles. The molecule has 0 radical (unpaired) electrons. The summed E-state index contributed by atoms with van der Waals surface area (Å²) in [6, 6.07) is 7.94. The number of rotatable bonds is 0. The third-order valence-electron chi connectivity index (χ3n) is 0.733. The first-order valence-corrected chi connectivity index (χ1v) is 5.06. The minimum Gasteiger partial charge on any atom is -0.207 e. The topological polar surface area (TPSA) is 0 Å². The van der Waals surface area contributed by atoms with E-state index in [-0.39, 0.29) is 5.82 Å². The van der Waals surface area contributed by atoms with Crippen LogP contribution in [0.25, 0.3) is 0 Å². The van der Waals surface area contributed by atoms with Crippen molar-refractivity contribution in [1.82, 2.24) is 0 Å². The van der Waals surface area contributed by atoms with Crippen LogP contribution in [-0.4, -0.2) is 5.83 Å². The highest BCUT2D eigenvalue weighted by Gasteiger charge is 1.77. The van der Waals surface area contributed by atoms with E-state index in [1.807, 2.05) is 19.7 Å². The maximum Gasteiger partial charge on any atom is 0.123 e. The van der Waals surface area contributed by atoms with Gasteiger partial charge in [-0.1, -0.05) is 48.0 Å². The Kier molecular flexibility index (Phi) is 14.8. The Morgan fingerprint density at radius 2 is 1.36 bits per heavy atom. The molecule has 0 bridgehead atoms. The summed E-state index contributed by atoms with van der Waals surface area (Å²) < 4.78 is 11.9. The Labute approximate surface area is 76.6 Å². The Bertz CT molecular complexity index is 139. The lowest BCUT2D eigenvalue weighted by atomic mass is 10.4. The van der Waals surface area contributed by atoms with Crippen LogP contribution in [-0.2, 0) is 0 Å². The molecule has 2 heteroatoms. The van der Waals surface area contributed by atoms with Crippen molar-refractivity contribution < 1.29 is 4.39 Å². The van der Waals surface area contributed by atoms with E-state index in [1.54, 1.807) is 18.2 Å². The number of hydrogen-bond donors (Lipinski definition) is 0. The molecular weight excluding hydrogens is 207 g/mol. The van der Waals surface area contributed by atoms with Gasteiger partial charge >= 0.3 is 0 Å². The highest BCUT2D eigenvalue weighted by Crippen LogP contribution is 1.91. The molecule has 0 N–H and O–H groups in total. The van der Waals surface area contributed by atoms with Crippen LogP contribution < -0.4 is 0 Å². The van der Waals surface area contributed by atoms with Crippen LogP contribution in [0.3, 0.4) is 0 Å². The average molecular weight is 221 g/mol. The molecule has 0 fully saturated rings. The first-order valence-electron chi connectivity index (χ1n) is 3.48. The van der Waals surface area contributed by atoms with Crippen molar-refractivity contribution >= 4 is 15.9 Å². The summed E-state index contributed by atoms with van der Waals surface area (Å²) in [6.07, 6.45) is 0. The molecular formula is C9H14BrF. The van der Waals surface area contributed by atoms with E-state index >= 15 is 0 Å². The predicted molar refractivity (Wildman–Crippen MR) is 52.6 cm³/mol. The second-order valence-electron chi connectivity index (χ2n) is 1.30. The van der Waals surface area contributed by atoms with Gasteiger partial charge in [-0.25, -0.2) is 4.39 Å². The van der Waals surface area contributed by atoms with Gasteiger partial charge < -0.3 is 0 Å². The van der Waals surface area contributed by atoms with Crippen LogP contribution >= 0.6 is 15.9 Å². The minimum absolute atomic E-state index is 0.178. The third kappa shape index (κ3) is 9.63. The van der Waals surface area contributed by atoms with Crippen molar-refractivity contribution in [2.24, 2.45) is 0 Å². The van der Waals surface area contributed by atoms with E-state index in [0.29, 0.717) is 0 Å². The molecule has 11 heavy (non-hydrogen) atoms. The van der Waals surface area contributed by atoms with Crippen LogP contribution in [0.4, 0.5) is 4.39 Å². The molecule has 1 aromatic carbocycles. The lowest BCUT2D eigenvalue weighted by molar-refractivity contribution is 0.628. The molecule has 0 aliphatic carbocycles. The van der Waals surface area contributed by atoms with Crippen LogP contribution in [0.1, 0.15) is 13.8 Å². The van der Waals surface area contributed by atoms with Gasteiger partial charge in [0.15, 0.2) is 0 Å². The van der Waals surface area contributed by atoms with E-state index in [2.05, 4.69) is 15.9 Å². The lowest BCUT2D eigenvalue weighted by Gasteiger charge is -1.78. The van der Waals surface area contributed by atoms with Crippen molar-refractivity contribution in [3.8, 4) is 0 Å². The number of benzene rings is 1. The highest BCUT2D eigenvalue weighted by atomic mass is 79.9. The van der Waals surface area contributed by atoms with Gasteiger partial charge in [0.2, 0.25) is 0 Å². The van der Waals surface area contributed by atoms with E-state index in [1.165, 1.54) is 12.1 Å². The smallest absolute Gasteiger partial charge is 0.123 e. The predicted octanol–water partition coefficient (Wildman–Crippen LogP) is 3.86. The molecule has 0 spiro atoms. The van der Waals surface area contributed by atoms with Crippen molar-refractivity contribution in [3.63, 3.8) is 0 Å². The molecule has 0 amide bonds. The molecule has 0 saturated carbocycles. The standard InChI is InChI=1S/C6H5F.C2H6.CH3Br/c7-6-4-2-1-3-5-6;2*1-2/h1-5H;1-2H3;1H3. The van der Waals surface area contributed by atoms with E-state index < -0.39 is 0 Å². The summed E-state index contributed by atoms with van der Waals surface area (Å²) in [5, 5.41) is 0. The highest BCUT2D eigenvalue weighted by molar-refractivity contribution is 9.08. The fourth-order valence-electron chi connectivity index (χ4n) is 0.415. The van der Waals surface area contributed by atoms with Crippen LogP contribution in [0.15, 0.2) is 30.3 Å². The van der Waals surface area contributed by atoms with Gasteiger partial charge in [-0.2, -0.15) is 0 Å². The van der Waals surface area contributed by atoms with Crippen molar-refractivity contribution in [2.75, 3.05) is 5.83 Å². The lowest BCUT2D eigenvalue weighted by Crippen LogP contribution is -1.63. The minimum atomic E-state index is -0.178. The van der Waals surface area contributed by atoms with Gasteiger partial charge in [0.05, 0.1) is 0 Å². The van der Waals surface area contributed by atoms with Crippen LogP contribution in [0, 0.1) is 5.82 Å². The SMILES string of the molecule is CBr.CC.Fc1ccccc1. The van der Waals surface area contributed by atoms with Gasteiger partial charge in [-0.05, 0) is 18.0 Å². The Balaban J connectivity index is 0. The van der Waals surface area contributed by atoms with Crippen molar-refractivity contribution in [2.45, 2.75) is 13.8 Å². The second kappa shape index (κ2) is 12.3. The number of alkyl halides is 1. The zero-order chi connectivity index (χ0) is 9.11. The molecule has 0 saturated heterocycles. The maximum atomic E-state index is 11.9. The Morgan fingerprint density at radius 3 is 1.55 bits per heavy atom. The quantitative estimate of drug-likeness (QED) is 0.583. The summed E-state index contributed by atoms with van der Waals surface area (Å²) in [5.41, 5.74) is 0. The first-order chi connectivity index (χ1) is 5.39. The molecule has 0 aromatic heterocycles. The summed E-state index contributed by atoms with van der Waals surface area (Å²) in [7, 11) is 0. The number of hydrogen-bond acceptors (Lipinski definition) is 0. The van der Waals surface area contributed by atoms with Crippen molar-refractivity contribution in [1.29, 1.82) is 0 Å². The second-order valence-corrected chi connectivity index (χ2v) is 1.30. The third-order valence-corrected chi connectivity index (χ3v) is 0.733. The average Bonchev–Trinajstić information content (AvgIpc) is 2.13. The van der Waals surface area contributed by atoms with E-state index in [9.17, 15) is 4.39 Å². The van der Waals surface area contributed by atoms with Crippen LogP contribution in [0.2, 0.25) is 0 Å². The summed E-state index contributed by atoms with van der Waals surface area (Å²) in [4.78, 5) is 0. The molecule has 0 unspecified atom stereocenters. The van der Waals surface area contributed by atoms with Gasteiger partial charge in [0, 0.05) is 0 Å². The molecule has 1 aromatic rings. The van der Waals surface area contributed by atoms with Gasteiger partial charge in [0.1, 0.15) is 5.82 Å². The molecule has 0 atom stereocenters. The summed E-state index contributed by atoms with van der Waals surface area (Å²) >= 11 is 2.94. The zero-order valence-electron chi connectivity index (χ0n) is 7.14. The maximum absolute atomic E-state index is 11.9. The fourth-order valence-corrected chi connectivity index (χ4v) is 0.415. The first kappa shape index (κ1) is 13.2. The number of halogens is 2. The van der Waals surface area contributed by atoms with Gasteiger partial charge in [-0.3, -0.25) is 0 Å². The zero-order valence-corrected chi connectivity index (χ0v) is 8.73. The largest absolute Gasteiger partial charge is 0.207 e. The monoisotopic (exact) mass is 220 g/mol. The Morgan fingerprint density at radius 1 is 1.00 bits per heavy atom. The molecule has 0 aliphatic rings.